The van der Waals surface area contributed by atoms with Crippen molar-refractivity contribution >= 4 is 17.9 Å². The molecule has 0 saturated heterocycles. The standard InChI is InChI=1S/C14H25N3O4/c1-9(2)10(16-13(15)21)11(18)17-14(12(19)20)7-5-3-4-6-8-14/h9-10H,3-8H2,1-2H3,(H,17,18)(H,19,20)(H3,15,16,21). The number of carbonyl (C=O) groups excluding carboxylic acids is 2. The van der Waals surface area contributed by atoms with E-state index >= 15 is 0 Å². The average molecular weight is 299 g/mol. The lowest BCUT2D eigenvalue weighted by Gasteiger charge is -2.32. The van der Waals surface area contributed by atoms with Crippen molar-refractivity contribution in [3.05, 3.63) is 0 Å². The van der Waals surface area contributed by atoms with Crippen LogP contribution in [-0.2, 0) is 9.59 Å². The Labute approximate surface area is 124 Å². The van der Waals surface area contributed by atoms with Crippen molar-refractivity contribution in [2.45, 2.75) is 64.0 Å². The van der Waals surface area contributed by atoms with Crippen molar-refractivity contribution in [1.29, 1.82) is 0 Å². The van der Waals surface area contributed by atoms with E-state index in [4.69, 9.17) is 5.73 Å². The maximum Gasteiger partial charge on any atom is 0.329 e. The Bertz CT molecular complexity index is 401. The molecular weight excluding hydrogens is 274 g/mol. The zero-order chi connectivity index (χ0) is 16.0. The normalized spacial score (nSPS) is 19.4. The molecular formula is C14H25N3O4. The lowest BCUT2D eigenvalue weighted by Crippen LogP contribution is -2.60. The molecule has 1 saturated carbocycles. The zero-order valence-electron chi connectivity index (χ0n) is 12.6. The molecule has 5 N–H and O–H groups in total. The van der Waals surface area contributed by atoms with Gasteiger partial charge in [-0.15, -0.1) is 0 Å². The molecule has 0 spiro atoms. The van der Waals surface area contributed by atoms with Gasteiger partial charge in [0.05, 0.1) is 0 Å². The molecule has 7 heteroatoms. The highest BCUT2D eigenvalue weighted by Gasteiger charge is 2.41. The van der Waals surface area contributed by atoms with E-state index < -0.39 is 29.5 Å². The minimum Gasteiger partial charge on any atom is -0.480 e. The zero-order valence-corrected chi connectivity index (χ0v) is 12.6. The van der Waals surface area contributed by atoms with Gasteiger partial charge in [-0.25, -0.2) is 9.59 Å². The summed E-state index contributed by atoms with van der Waals surface area (Å²) in [5.74, 6) is -1.69. The van der Waals surface area contributed by atoms with Crippen LogP contribution < -0.4 is 16.4 Å². The van der Waals surface area contributed by atoms with Gasteiger partial charge in [0.2, 0.25) is 5.91 Å². The van der Waals surface area contributed by atoms with Gasteiger partial charge in [-0.1, -0.05) is 39.5 Å². The van der Waals surface area contributed by atoms with Crippen LogP contribution in [0.4, 0.5) is 4.79 Å². The number of nitrogens with two attached hydrogens (primary N) is 1. The Hall–Kier alpha value is -1.79. The number of nitrogens with one attached hydrogen (secondary N) is 2. The second-order valence-corrected chi connectivity index (χ2v) is 6.02. The molecule has 0 aromatic rings. The Morgan fingerprint density at radius 1 is 1.10 bits per heavy atom. The minimum atomic E-state index is -1.24. The van der Waals surface area contributed by atoms with Crippen LogP contribution in [0, 0.1) is 5.92 Å². The summed E-state index contributed by atoms with van der Waals surface area (Å²) in [6.45, 7) is 3.53. The molecule has 1 rings (SSSR count). The topological polar surface area (TPSA) is 122 Å². The van der Waals surface area contributed by atoms with Crippen LogP contribution in [0.15, 0.2) is 0 Å². The fourth-order valence-electron chi connectivity index (χ4n) is 2.73. The van der Waals surface area contributed by atoms with Crippen LogP contribution in [0.5, 0.6) is 0 Å². The lowest BCUT2D eigenvalue weighted by molar-refractivity contribution is -0.148. The van der Waals surface area contributed by atoms with Gasteiger partial charge in [0, 0.05) is 0 Å². The molecule has 0 aliphatic heterocycles. The maximum absolute atomic E-state index is 12.4. The molecule has 1 aliphatic carbocycles. The van der Waals surface area contributed by atoms with Gasteiger partial charge in [-0.05, 0) is 18.8 Å². The van der Waals surface area contributed by atoms with E-state index in [-0.39, 0.29) is 5.92 Å². The number of rotatable bonds is 5. The first-order valence-corrected chi connectivity index (χ1v) is 7.40. The van der Waals surface area contributed by atoms with Gasteiger partial charge in [-0.3, -0.25) is 4.79 Å². The summed E-state index contributed by atoms with van der Waals surface area (Å²) >= 11 is 0. The summed E-state index contributed by atoms with van der Waals surface area (Å²) in [6.07, 6.45) is 4.30. The number of carboxylic acids is 1. The molecule has 1 atom stereocenters. The molecule has 1 unspecified atom stereocenters. The number of primary amides is 1. The van der Waals surface area contributed by atoms with Crippen molar-refractivity contribution in [3.8, 4) is 0 Å². The summed E-state index contributed by atoms with van der Waals surface area (Å²) < 4.78 is 0. The highest BCUT2D eigenvalue weighted by atomic mass is 16.4. The second-order valence-electron chi connectivity index (χ2n) is 6.02. The predicted molar refractivity (Wildman–Crippen MR) is 77.6 cm³/mol. The van der Waals surface area contributed by atoms with Crippen LogP contribution in [-0.4, -0.2) is 34.6 Å². The van der Waals surface area contributed by atoms with Crippen molar-refractivity contribution in [1.82, 2.24) is 10.6 Å². The quantitative estimate of drug-likeness (QED) is 0.565. The van der Waals surface area contributed by atoms with Gasteiger partial charge in [0.15, 0.2) is 0 Å². The number of aliphatic carboxylic acids is 1. The first-order valence-electron chi connectivity index (χ1n) is 7.40. The number of urea groups is 1. The smallest absolute Gasteiger partial charge is 0.329 e. The van der Waals surface area contributed by atoms with Crippen LogP contribution >= 0.6 is 0 Å². The van der Waals surface area contributed by atoms with Gasteiger partial charge < -0.3 is 21.5 Å². The van der Waals surface area contributed by atoms with Crippen molar-refractivity contribution < 1.29 is 19.5 Å². The molecule has 0 aromatic carbocycles. The van der Waals surface area contributed by atoms with E-state index in [9.17, 15) is 19.5 Å². The molecule has 0 bridgehead atoms. The van der Waals surface area contributed by atoms with Gasteiger partial charge in [-0.2, -0.15) is 0 Å². The van der Waals surface area contributed by atoms with Gasteiger partial charge in [0.25, 0.3) is 0 Å². The predicted octanol–water partition coefficient (Wildman–Crippen LogP) is 0.973. The Morgan fingerprint density at radius 3 is 2.00 bits per heavy atom. The Morgan fingerprint density at radius 2 is 1.62 bits per heavy atom. The molecule has 21 heavy (non-hydrogen) atoms. The molecule has 0 aromatic heterocycles. The molecule has 1 aliphatic rings. The fraction of sp³-hybridized carbons (Fsp3) is 0.786. The molecule has 0 radical (unpaired) electrons. The molecule has 3 amide bonds. The van der Waals surface area contributed by atoms with E-state index in [1.807, 2.05) is 0 Å². The molecule has 1 fully saturated rings. The molecule has 7 nitrogen and oxygen atoms in total. The highest BCUT2D eigenvalue weighted by molar-refractivity contribution is 5.91. The maximum atomic E-state index is 12.4. The highest BCUT2D eigenvalue weighted by Crippen LogP contribution is 2.27. The second kappa shape index (κ2) is 7.28. The molecule has 120 valence electrons. The van der Waals surface area contributed by atoms with E-state index in [0.717, 1.165) is 25.7 Å². The third kappa shape index (κ3) is 4.61. The summed E-state index contributed by atoms with van der Waals surface area (Å²) in [5.41, 5.74) is 3.84. The number of carbonyl (C=O) groups is 3. The van der Waals surface area contributed by atoms with Crippen LogP contribution in [0.3, 0.4) is 0 Å². The lowest BCUT2D eigenvalue weighted by atomic mass is 9.89. The summed E-state index contributed by atoms with van der Waals surface area (Å²) in [5, 5.41) is 14.6. The van der Waals surface area contributed by atoms with E-state index in [2.05, 4.69) is 10.6 Å². The summed E-state index contributed by atoms with van der Waals surface area (Å²) in [6, 6.07) is -1.63. The largest absolute Gasteiger partial charge is 0.480 e. The minimum absolute atomic E-state index is 0.186. The fourth-order valence-corrected chi connectivity index (χ4v) is 2.73. The van der Waals surface area contributed by atoms with Crippen molar-refractivity contribution in [3.63, 3.8) is 0 Å². The van der Waals surface area contributed by atoms with Crippen LogP contribution in [0.2, 0.25) is 0 Å². The van der Waals surface area contributed by atoms with Crippen molar-refractivity contribution in [2.24, 2.45) is 11.7 Å². The third-order valence-electron chi connectivity index (χ3n) is 3.98. The number of hydrogen-bond donors (Lipinski definition) is 4. The van der Waals surface area contributed by atoms with Crippen molar-refractivity contribution in [2.75, 3.05) is 0 Å². The first kappa shape index (κ1) is 17.3. The Kier molecular flexibility index (Phi) is 5.99. The third-order valence-corrected chi connectivity index (χ3v) is 3.98. The average Bonchev–Trinajstić information content (AvgIpc) is 2.61. The number of carboxylic acid groups (broad SMARTS) is 1. The van der Waals surface area contributed by atoms with E-state index in [1.54, 1.807) is 13.8 Å². The summed E-state index contributed by atoms with van der Waals surface area (Å²) in [7, 11) is 0. The first-order chi connectivity index (χ1) is 9.78. The SMILES string of the molecule is CC(C)C(NC(N)=O)C(=O)NC1(C(=O)O)CCCCCC1. The van der Waals surface area contributed by atoms with E-state index in [0.29, 0.717) is 12.8 Å². The Balaban J connectivity index is 2.88. The monoisotopic (exact) mass is 299 g/mol. The van der Waals surface area contributed by atoms with Crippen LogP contribution in [0.1, 0.15) is 52.4 Å². The van der Waals surface area contributed by atoms with E-state index in [1.165, 1.54) is 0 Å². The number of hydrogen-bond acceptors (Lipinski definition) is 3. The van der Waals surface area contributed by atoms with Gasteiger partial charge in [0.1, 0.15) is 11.6 Å². The summed E-state index contributed by atoms with van der Waals surface area (Å²) in [4.78, 5) is 35.0. The van der Waals surface area contributed by atoms with Crippen LogP contribution in [0.25, 0.3) is 0 Å². The molecule has 0 heterocycles. The van der Waals surface area contributed by atoms with Gasteiger partial charge >= 0.3 is 12.0 Å². The number of amides is 3.